The van der Waals surface area contributed by atoms with Crippen molar-refractivity contribution < 1.29 is 19.0 Å². The van der Waals surface area contributed by atoms with E-state index in [0.717, 1.165) is 0 Å². The molecule has 5 heteroatoms. The van der Waals surface area contributed by atoms with Gasteiger partial charge in [0.05, 0.1) is 18.1 Å². The van der Waals surface area contributed by atoms with Crippen LogP contribution in [-0.2, 0) is 16.0 Å². The van der Waals surface area contributed by atoms with Gasteiger partial charge in [-0.15, -0.1) is 0 Å². The first-order valence-corrected chi connectivity index (χ1v) is 4.75. The van der Waals surface area contributed by atoms with Crippen molar-refractivity contribution in [3.05, 3.63) is 28.5 Å². The summed E-state index contributed by atoms with van der Waals surface area (Å²) in [4.78, 5) is 11.1. The molecule has 0 saturated carbocycles. The lowest BCUT2D eigenvalue weighted by Gasteiger charge is -2.05. The molecule has 0 amide bonds. The van der Waals surface area contributed by atoms with Crippen LogP contribution in [0.25, 0.3) is 0 Å². The third-order valence-electron chi connectivity index (χ3n) is 1.79. The van der Waals surface area contributed by atoms with E-state index in [-0.39, 0.29) is 23.6 Å². The van der Waals surface area contributed by atoms with Gasteiger partial charge in [-0.1, -0.05) is 17.7 Å². The number of carbonyl (C=O) groups is 1. The maximum absolute atomic E-state index is 13.3. The van der Waals surface area contributed by atoms with Crippen LogP contribution in [0.5, 0.6) is 5.75 Å². The van der Waals surface area contributed by atoms with Gasteiger partial charge in [-0.3, -0.25) is 4.79 Å². The molecule has 0 atom stereocenters. The Bertz CT molecular complexity index is 379. The summed E-state index contributed by atoms with van der Waals surface area (Å²) in [5.41, 5.74) is 0.0651. The van der Waals surface area contributed by atoms with Crippen LogP contribution in [-0.4, -0.2) is 17.7 Å². The molecule has 0 unspecified atom stereocenters. The zero-order valence-corrected chi connectivity index (χ0v) is 8.84. The predicted molar refractivity (Wildman–Crippen MR) is 53.4 cm³/mol. The molecule has 0 aromatic heterocycles. The molecule has 0 aliphatic heterocycles. The fourth-order valence-corrected chi connectivity index (χ4v) is 1.23. The summed E-state index contributed by atoms with van der Waals surface area (Å²) in [6.45, 7) is 1.90. The highest BCUT2D eigenvalue weighted by Crippen LogP contribution is 2.28. The van der Waals surface area contributed by atoms with E-state index in [4.69, 9.17) is 11.6 Å². The van der Waals surface area contributed by atoms with Crippen LogP contribution in [0.4, 0.5) is 4.39 Å². The highest BCUT2D eigenvalue weighted by Gasteiger charge is 2.14. The Balaban J connectivity index is 2.87. The summed E-state index contributed by atoms with van der Waals surface area (Å²) in [5.74, 6) is -2.06. The second-order valence-electron chi connectivity index (χ2n) is 2.85. The molecule has 1 N–H and O–H groups in total. The summed E-state index contributed by atoms with van der Waals surface area (Å²) in [7, 11) is 0. The van der Waals surface area contributed by atoms with Crippen LogP contribution in [0.1, 0.15) is 12.5 Å². The normalized spacial score (nSPS) is 10.1. The van der Waals surface area contributed by atoms with Crippen molar-refractivity contribution in [3.63, 3.8) is 0 Å². The van der Waals surface area contributed by atoms with Crippen LogP contribution in [0, 0.1) is 5.82 Å². The van der Waals surface area contributed by atoms with E-state index >= 15 is 0 Å². The van der Waals surface area contributed by atoms with Crippen molar-refractivity contribution in [2.45, 2.75) is 13.3 Å². The van der Waals surface area contributed by atoms with Crippen molar-refractivity contribution in [3.8, 4) is 5.75 Å². The molecule has 0 saturated heterocycles. The molecular weight excluding hydrogens is 223 g/mol. The van der Waals surface area contributed by atoms with E-state index in [1.165, 1.54) is 12.1 Å². The van der Waals surface area contributed by atoms with Crippen molar-refractivity contribution >= 4 is 17.6 Å². The van der Waals surface area contributed by atoms with Gasteiger partial charge in [-0.2, -0.15) is 0 Å². The molecule has 0 bridgehead atoms. The summed E-state index contributed by atoms with van der Waals surface area (Å²) in [6, 6.07) is 2.67. The zero-order valence-electron chi connectivity index (χ0n) is 8.09. The Hall–Kier alpha value is -1.29. The molecule has 0 fully saturated rings. The number of halogens is 2. The van der Waals surface area contributed by atoms with E-state index in [1.54, 1.807) is 6.92 Å². The molecular formula is C10H10ClFO3. The average Bonchev–Trinajstić information content (AvgIpc) is 2.20. The number of benzene rings is 1. The van der Waals surface area contributed by atoms with Gasteiger partial charge >= 0.3 is 5.97 Å². The fraction of sp³-hybridized carbons (Fsp3) is 0.300. The second-order valence-corrected chi connectivity index (χ2v) is 3.26. The van der Waals surface area contributed by atoms with Crippen LogP contribution in [0.2, 0.25) is 5.02 Å². The Morgan fingerprint density at radius 2 is 2.27 bits per heavy atom. The Morgan fingerprint density at radius 1 is 1.60 bits per heavy atom. The zero-order chi connectivity index (χ0) is 11.4. The minimum absolute atomic E-state index is 0.0651. The molecule has 1 aromatic rings. The monoisotopic (exact) mass is 232 g/mol. The summed E-state index contributed by atoms with van der Waals surface area (Å²) >= 11 is 5.48. The van der Waals surface area contributed by atoms with E-state index in [1.807, 2.05) is 0 Å². The van der Waals surface area contributed by atoms with Crippen LogP contribution >= 0.6 is 11.6 Å². The number of hydrogen-bond donors (Lipinski definition) is 1. The first-order chi connectivity index (χ1) is 7.06. The van der Waals surface area contributed by atoms with Gasteiger partial charge in [0, 0.05) is 5.56 Å². The number of aromatic hydroxyl groups is 1. The van der Waals surface area contributed by atoms with Gasteiger partial charge in [-0.25, -0.2) is 4.39 Å². The van der Waals surface area contributed by atoms with Crippen LogP contribution in [0.3, 0.4) is 0 Å². The number of carbonyl (C=O) groups excluding carboxylic acids is 1. The predicted octanol–water partition coefficient (Wildman–Crippen LogP) is 2.29. The number of esters is 1. The maximum Gasteiger partial charge on any atom is 0.310 e. The molecule has 82 valence electrons. The summed E-state index contributed by atoms with van der Waals surface area (Å²) in [6.07, 6.45) is -0.218. The quantitative estimate of drug-likeness (QED) is 0.814. The maximum atomic E-state index is 13.3. The van der Waals surface area contributed by atoms with Gasteiger partial charge in [0.25, 0.3) is 0 Å². The molecule has 0 aliphatic rings. The Morgan fingerprint density at radius 3 is 2.87 bits per heavy atom. The van der Waals surface area contributed by atoms with Gasteiger partial charge in [0.1, 0.15) is 0 Å². The standard InChI is InChI=1S/C10H10ClFO3/c1-2-15-8(13)5-6-3-4-7(11)10(14)9(6)12/h3-4,14H,2,5H2,1H3. The largest absolute Gasteiger partial charge is 0.504 e. The van der Waals surface area contributed by atoms with Crippen molar-refractivity contribution in [2.24, 2.45) is 0 Å². The van der Waals surface area contributed by atoms with Crippen molar-refractivity contribution in [1.29, 1.82) is 0 Å². The topological polar surface area (TPSA) is 46.5 Å². The lowest BCUT2D eigenvalue weighted by molar-refractivity contribution is -0.142. The lowest BCUT2D eigenvalue weighted by atomic mass is 10.1. The number of phenolic OH excluding ortho intramolecular Hbond substituents is 1. The average molecular weight is 233 g/mol. The lowest BCUT2D eigenvalue weighted by Crippen LogP contribution is -2.08. The first kappa shape index (κ1) is 11.8. The number of ether oxygens (including phenoxy) is 1. The van der Waals surface area contributed by atoms with Crippen molar-refractivity contribution in [2.75, 3.05) is 6.61 Å². The molecule has 3 nitrogen and oxygen atoms in total. The number of phenols is 1. The highest BCUT2D eigenvalue weighted by atomic mass is 35.5. The van der Waals surface area contributed by atoms with Crippen LogP contribution in [0.15, 0.2) is 12.1 Å². The SMILES string of the molecule is CCOC(=O)Cc1ccc(Cl)c(O)c1F. The summed E-state index contributed by atoms with van der Waals surface area (Å²) < 4.78 is 18.0. The molecule has 1 aromatic carbocycles. The number of rotatable bonds is 3. The Labute approximate surface area is 91.4 Å². The van der Waals surface area contributed by atoms with Gasteiger partial charge in [0.15, 0.2) is 11.6 Å². The highest BCUT2D eigenvalue weighted by molar-refractivity contribution is 6.32. The number of hydrogen-bond acceptors (Lipinski definition) is 3. The first-order valence-electron chi connectivity index (χ1n) is 4.37. The van der Waals surface area contributed by atoms with E-state index in [9.17, 15) is 14.3 Å². The summed E-state index contributed by atoms with van der Waals surface area (Å²) in [5, 5.41) is 9.09. The second kappa shape index (κ2) is 4.98. The molecule has 0 radical (unpaired) electrons. The van der Waals surface area contributed by atoms with Crippen molar-refractivity contribution in [1.82, 2.24) is 0 Å². The third-order valence-corrected chi connectivity index (χ3v) is 2.09. The molecule has 0 heterocycles. The molecule has 1 rings (SSSR count). The minimum Gasteiger partial charge on any atom is -0.504 e. The van der Waals surface area contributed by atoms with E-state index < -0.39 is 17.5 Å². The molecule has 0 aliphatic carbocycles. The van der Waals surface area contributed by atoms with Gasteiger partial charge in [0.2, 0.25) is 0 Å². The van der Waals surface area contributed by atoms with E-state index in [2.05, 4.69) is 4.74 Å². The fourth-order valence-electron chi connectivity index (χ4n) is 1.09. The van der Waals surface area contributed by atoms with Gasteiger partial charge in [-0.05, 0) is 13.0 Å². The third kappa shape index (κ3) is 2.83. The molecule has 0 spiro atoms. The Kier molecular flexibility index (Phi) is 3.91. The van der Waals surface area contributed by atoms with Gasteiger partial charge < -0.3 is 9.84 Å². The van der Waals surface area contributed by atoms with E-state index in [0.29, 0.717) is 0 Å². The minimum atomic E-state index is -0.879. The van der Waals surface area contributed by atoms with Crippen LogP contribution < -0.4 is 0 Å². The molecule has 15 heavy (non-hydrogen) atoms. The smallest absolute Gasteiger partial charge is 0.310 e.